The molecule has 0 aromatic heterocycles. The first-order chi connectivity index (χ1) is 4.80. The zero-order valence-electron chi connectivity index (χ0n) is 7.14. The summed E-state index contributed by atoms with van der Waals surface area (Å²) in [6.45, 7) is 0. The standard InChI is InChI=1S/C8H14O2.Na/c9-8(10)7-5-3-1-2-4-6-7;/h7H,1-6H2,(H,9,10);/q;+1/p-1. The van der Waals surface area contributed by atoms with E-state index in [0.29, 0.717) is 0 Å². The molecule has 1 aliphatic rings. The van der Waals surface area contributed by atoms with Gasteiger partial charge in [-0.3, -0.25) is 0 Å². The van der Waals surface area contributed by atoms with Gasteiger partial charge < -0.3 is 9.90 Å². The van der Waals surface area contributed by atoms with Gasteiger partial charge in [0, 0.05) is 5.97 Å². The first-order valence-electron chi connectivity index (χ1n) is 4.01. The number of hydrogen-bond donors (Lipinski definition) is 0. The topological polar surface area (TPSA) is 40.1 Å². The summed E-state index contributed by atoms with van der Waals surface area (Å²) in [5, 5.41) is 10.4. The van der Waals surface area contributed by atoms with E-state index in [1.54, 1.807) is 0 Å². The van der Waals surface area contributed by atoms with E-state index >= 15 is 0 Å². The Balaban J connectivity index is 0.000001000. The summed E-state index contributed by atoms with van der Waals surface area (Å²) < 4.78 is 0. The van der Waals surface area contributed by atoms with Gasteiger partial charge in [-0.05, 0) is 18.8 Å². The molecule has 0 aromatic rings. The molecule has 0 unspecified atom stereocenters. The second kappa shape index (κ2) is 6.04. The second-order valence-electron chi connectivity index (χ2n) is 3.01. The summed E-state index contributed by atoms with van der Waals surface area (Å²) >= 11 is 0. The van der Waals surface area contributed by atoms with Gasteiger partial charge in [-0.15, -0.1) is 0 Å². The number of aliphatic carboxylic acids is 1. The Morgan fingerprint density at radius 1 is 1.09 bits per heavy atom. The van der Waals surface area contributed by atoms with Crippen molar-refractivity contribution < 1.29 is 39.5 Å². The van der Waals surface area contributed by atoms with E-state index in [9.17, 15) is 9.90 Å². The van der Waals surface area contributed by atoms with Gasteiger partial charge in [0.25, 0.3) is 0 Å². The first-order valence-corrected chi connectivity index (χ1v) is 4.01. The zero-order chi connectivity index (χ0) is 7.40. The van der Waals surface area contributed by atoms with Crippen molar-refractivity contribution in [3.8, 4) is 0 Å². The summed E-state index contributed by atoms with van der Waals surface area (Å²) in [5.41, 5.74) is 0. The van der Waals surface area contributed by atoms with E-state index in [-0.39, 0.29) is 35.5 Å². The third kappa shape index (κ3) is 4.14. The molecule has 11 heavy (non-hydrogen) atoms. The predicted molar refractivity (Wildman–Crippen MR) is 36.2 cm³/mol. The molecule has 0 saturated heterocycles. The number of carboxylic acid groups (broad SMARTS) is 1. The molecule has 1 fully saturated rings. The quantitative estimate of drug-likeness (QED) is 0.323. The summed E-state index contributed by atoms with van der Waals surface area (Å²) in [7, 11) is 0. The van der Waals surface area contributed by atoms with Crippen molar-refractivity contribution in [3.05, 3.63) is 0 Å². The number of carboxylic acids is 1. The molecule has 58 valence electrons. The van der Waals surface area contributed by atoms with E-state index in [1.807, 2.05) is 0 Å². The largest absolute Gasteiger partial charge is 1.00 e. The minimum absolute atomic E-state index is 0. The molecule has 0 aliphatic heterocycles. The Morgan fingerprint density at radius 3 is 1.91 bits per heavy atom. The fourth-order valence-electron chi connectivity index (χ4n) is 1.52. The number of carbonyl (C=O) groups excluding carboxylic acids is 1. The number of hydrogen-bond acceptors (Lipinski definition) is 2. The molecular formula is C8H13NaO2. The maximum Gasteiger partial charge on any atom is 1.00 e. The first kappa shape index (κ1) is 11.5. The number of rotatable bonds is 1. The van der Waals surface area contributed by atoms with Crippen LogP contribution < -0.4 is 34.7 Å². The van der Waals surface area contributed by atoms with Crippen molar-refractivity contribution >= 4 is 5.97 Å². The molecule has 2 nitrogen and oxygen atoms in total. The SMILES string of the molecule is O=C([O-])C1CCCCCC1.[Na+]. The van der Waals surface area contributed by atoms with E-state index in [2.05, 4.69) is 0 Å². The van der Waals surface area contributed by atoms with Gasteiger partial charge in [-0.2, -0.15) is 0 Å². The van der Waals surface area contributed by atoms with Crippen LogP contribution in [0.3, 0.4) is 0 Å². The Bertz CT molecular complexity index is 117. The van der Waals surface area contributed by atoms with E-state index < -0.39 is 5.97 Å². The van der Waals surface area contributed by atoms with Crippen LogP contribution in [0.4, 0.5) is 0 Å². The maximum absolute atomic E-state index is 10.4. The van der Waals surface area contributed by atoms with Crippen LogP contribution >= 0.6 is 0 Å². The van der Waals surface area contributed by atoms with Crippen LogP contribution in [0.2, 0.25) is 0 Å². The monoisotopic (exact) mass is 164 g/mol. The van der Waals surface area contributed by atoms with Crippen molar-refractivity contribution in [3.63, 3.8) is 0 Å². The van der Waals surface area contributed by atoms with Gasteiger partial charge in [-0.1, -0.05) is 25.7 Å². The molecule has 1 rings (SSSR count). The molecule has 0 N–H and O–H groups in total. The molecule has 0 spiro atoms. The molecule has 0 bridgehead atoms. The van der Waals surface area contributed by atoms with Crippen molar-refractivity contribution in [2.75, 3.05) is 0 Å². The van der Waals surface area contributed by atoms with Crippen LogP contribution in [0, 0.1) is 5.92 Å². The minimum Gasteiger partial charge on any atom is -0.550 e. The molecule has 0 atom stereocenters. The van der Waals surface area contributed by atoms with Gasteiger partial charge >= 0.3 is 29.6 Å². The zero-order valence-corrected chi connectivity index (χ0v) is 9.14. The fraction of sp³-hybridized carbons (Fsp3) is 0.875. The second-order valence-corrected chi connectivity index (χ2v) is 3.01. The molecule has 0 heterocycles. The summed E-state index contributed by atoms with van der Waals surface area (Å²) in [6, 6.07) is 0. The molecule has 0 amide bonds. The van der Waals surface area contributed by atoms with Crippen molar-refractivity contribution in [2.45, 2.75) is 38.5 Å². The molecular weight excluding hydrogens is 151 g/mol. The van der Waals surface area contributed by atoms with Crippen LogP contribution in [-0.4, -0.2) is 5.97 Å². The summed E-state index contributed by atoms with van der Waals surface area (Å²) in [5.74, 6) is -0.996. The maximum atomic E-state index is 10.4. The van der Waals surface area contributed by atoms with E-state index in [0.717, 1.165) is 25.7 Å². The van der Waals surface area contributed by atoms with Crippen molar-refractivity contribution in [1.29, 1.82) is 0 Å². The summed E-state index contributed by atoms with van der Waals surface area (Å²) in [4.78, 5) is 10.4. The molecule has 0 aromatic carbocycles. The normalized spacial score (nSPS) is 20.0. The van der Waals surface area contributed by atoms with Gasteiger partial charge in [0.15, 0.2) is 0 Å². The van der Waals surface area contributed by atoms with Crippen LogP contribution in [0.15, 0.2) is 0 Å². The molecule has 1 saturated carbocycles. The molecule has 1 aliphatic carbocycles. The Labute approximate surface area is 89.7 Å². The van der Waals surface area contributed by atoms with Gasteiger partial charge in [-0.25, -0.2) is 0 Å². The Kier molecular flexibility index (Phi) is 6.30. The molecule has 3 heteroatoms. The average molecular weight is 164 g/mol. The third-order valence-corrected chi connectivity index (χ3v) is 2.19. The Hall–Kier alpha value is 0.470. The summed E-state index contributed by atoms with van der Waals surface area (Å²) in [6.07, 6.45) is 6.20. The average Bonchev–Trinajstić information content (AvgIpc) is 2.12. The minimum atomic E-state index is -0.845. The van der Waals surface area contributed by atoms with E-state index in [1.165, 1.54) is 12.8 Å². The number of carbonyl (C=O) groups is 1. The molecule has 0 radical (unpaired) electrons. The van der Waals surface area contributed by atoms with Crippen LogP contribution in [0.1, 0.15) is 38.5 Å². The van der Waals surface area contributed by atoms with Crippen LogP contribution in [0.5, 0.6) is 0 Å². The van der Waals surface area contributed by atoms with Crippen molar-refractivity contribution in [1.82, 2.24) is 0 Å². The van der Waals surface area contributed by atoms with Gasteiger partial charge in [0.1, 0.15) is 0 Å². The smallest absolute Gasteiger partial charge is 0.550 e. The predicted octanol–water partition coefficient (Wildman–Crippen LogP) is -2.29. The van der Waals surface area contributed by atoms with Gasteiger partial charge in [0.2, 0.25) is 0 Å². The van der Waals surface area contributed by atoms with Crippen LogP contribution in [-0.2, 0) is 4.79 Å². The van der Waals surface area contributed by atoms with Crippen molar-refractivity contribution in [2.24, 2.45) is 5.92 Å². The van der Waals surface area contributed by atoms with Gasteiger partial charge in [0.05, 0.1) is 0 Å². The van der Waals surface area contributed by atoms with Crippen LogP contribution in [0.25, 0.3) is 0 Å². The Morgan fingerprint density at radius 2 is 1.55 bits per heavy atom. The van der Waals surface area contributed by atoms with E-state index in [4.69, 9.17) is 0 Å². The fourth-order valence-corrected chi connectivity index (χ4v) is 1.52. The third-order valence-electron chi connectivity index (χ3n) is 2.19.